The minimum Gasteiger partial charge on any atom is -0.249 e. The van der Waals surface area contributed by atoms with Crippen molar-refractivity contribution < 1.29 is 0 Å². The standard InChI is InChI=1S/C21H21N7S/c1-2-12-28-20(22-19(25-28)11-13-29)14-15-7-9-16(10-8-15)17-5-3-4-6-18(17)21-23-26-27-24-21/h3-10,13H,2,11-12,14H2,1H3,(H,23,24,26,27). The number of hydrogen-bond acceptors (Lipinski definition) is 6. The topological polar surface area (TPSA) is 85.2 Å². The quantitative estimate of drug-likeness (QED) is 0.452. The van der Waals surface area contributed by atoms with Crippen molar-refractivity contribution in [1.82, 2.24) is 35.4 Å². The van der Waals surface area contributed by atoms with Crippen LogP contribution in [0.25, 0.3) is 22.5 Å². The number of rotatable bonds is 8. The molecule has 0 aliphatic heterocycles. The lowest BCUT2D eigenvalue weighted by atomic mass is 9.98. The number of thiocarbonyl (C=S) groups is 1. The van der Waals surface area contributed by atoms with Crippen molar-refractivity contribution in [3.63, 3.8) is 0 Å². The first kappa shape index (κ1) is 19.1. The zero-order chi connectivity index (χ0) is 20.1. The van der Waals surface area contributed by atoms with Gasteiger partial charge in [-0.2, -0.15) is 5.10 Å². The Labute approximate surface area is 174 Å². The summed E-state index contributed by atoms with van der Waals surface area (Å²) < 4.78 is 1.99. The largest absolute Gasteiger partial charge is 0.249 e. The molecule has 7 nitrogen and oxygen atoms in total. The first-order chi connectivity index (χ1) is 14.3. The van der Waals surface area contributed by atoms with E-state index >= 15 is 0 Å². The number of aromatic amines is 1. The summed E-state index contributed by atoms with van der Waals surface area (Å²) in [5.41, 5.74) is 4.34. The highest BCUT2D eigenvalue weighted by Gasteiger charge is 2.12. The van der Waals surface area contributed by atoms with E-state index < -0.39 is 0 Å². The van der Waals surface area contributed by atoms with Gasteiger partial charge in [-0.3, -0.25) is 0 Å². The first-order valence-electron chi connectivity index (χ1n) is 9.57. The van der Waals surface area contributed by atoms with Crippen molar-refractivity contribution in [2.45, 2.75) is 32.7 Å². The Morgan fingerprint density at radius 1 is 1.07 bits per heavy atom. The molecule has 146 valence electrons. The lowest BCUT2D eigenvalue weighted by Crippen LogP contribution is -2.06. The fourth-order valence-corrected chi connectivity index (χ4v) is 3.46. The molecule has 8 heteroatoms. The van der Waals surface area contributed by atoms with Gasteiger partial charge < -0.3 is 0 Å². The molecule has 4 aromatic rings. The highest BCUT2D eigenvalue weighted by Crippen LogP contribution is 2.29. The molecule has 0 aliphatic rings. The van der Waals surface area contributed by atoms with Crippen molar-refractivity contribution in [3.05, 3.63) is 65.7 Å². The minimum atomic E-state index is 0.616. The number of tetrazole rings is 1. The van der Waals surface area contributed by atoms with Crippen molar-refractivity contribution >= 4 is 17.6 Å². The maximum absolute atomic E-state index is 4.95. The van der Waals surface area contributed by atoms with E-state index in [4.69, 9.17) is 12.2 Å². The Morgan fingerprint density at radius 2 is 1.86 bits per heavy atom. The summed E-state index contributed by atoms with van der Waals surface area (Å²) in [5, 5.41) is 20.5. The van der Waals surface area contributed by atoms with Gasteiger partial charge in [0.15, 0.2) is 11.6 Å². The zero-order valence-electron chi connectivity index (χ0n) is 16.1. The van der Waals surface area contributed by atoms with Gasteiger partial charge in [-0.05, 0) is 38.9 Å². The molecule has 0 amide bonds. The van der Waals surface area contributed by atoms with E-state index in [2.05, 4.69) is 68.0 Å². The van der Waals surface area contributed by atoms with Crippen LogP contribution in [0.5, 0.6) is 0 Å². The van der Waals surface area contributed by atoms with Crippen LogP contribution in [0.2, 0.25) is 0 Å². The smallest absolute Gasteiger partial charge is 0.180 e. The second-order valence-corrected chi connectivity index (χ2v) is 7.04. The Morgan fingerprint density at radius 3 is 2.55 bits per heavy atom. The molecule has 0 radical (unpaired) electrons. The molecule has 2 aromatic carbocycles. The van der Waals surface area contributed by atoms with E-state index in [0.29, 0.717) is 12.2 Å². The summed E-state index contributed by atoms with van der Waals surface area (Å²) >= 11 is 4.95. The number of aryl methyl sites for hydroxylation is 1. The number of nitrogens with one attached hydrogen (secondary N) is 1. The molecule has 29 heavy (non-hydrogen) atoms. The predicted molar refractivity (Wildman–Crippen MR) is 116 cm³/mol. The Bertz CT molecular complexity index is 1080. The zero-order valence-corrected chi connectivity index (χ0v) is 16.9. The van der Waals surface area contributed by atoms with Gasteiger partial charge in [0, 0.05) is 24.9 Å². The van der Waals surface area contributed by atoms with E-state index in [0.717, 1.165) is 47.7 Å². The van der Waals surface area contributed by atoms with Gasteiger partial charge in [0.2, 0.25) is 0 Å². The van der Waals surface area contributed by atoms with Crippen LogP contribution in [0, 0.1) is 0 Å². The van der Waals surface area contributed by atoms with Crippen LogP contribution in [0.3, 0.4) is 0 Å². The van der Waals surface area contributed by atoms with Gasteiger partial charge in [-0.25, -0.2) is 14.8 Å². The molecule has 0 saturated carbocycles. The summed E-state index contributed by atoms with van der Waals surface area (Å²) in [6.45, 7) is 3.00. The van der Waals surface area contributed by atoms with Crippen LogP contribution in [0.4, 0.5) is 0 Å². The molecule has 0 unspecified atom stereocenters. The highest BCUT2D eigenvalue weighted by molar-refractivity contribution is 7.78. The molecule has 0 saturated heterocycles. The lowest BCUT2D eigenvalue weighted by molar-refractivity contribution is 0.572. The van der Waals surface area contributed by atoms with Crippen molar-refractivity contribution in [2.75, 3.05) is 0 Å². The van der Waals surface area contributed by atoms with Crippen LogP contribution in [0.15, 0.2) is 48.5 Å². The Hall–Kier alpha value is -3.26. The molecular weight excluding hydrogens is 382 g/mol. The number of aromatic nitrogens is 7. The normalized spacial score (nSPS) is 10.9. The van der Waals surface area contributed by atoms with Crippen LogP contribution >= 0.6 is 12.2 Å². The average Bonchev–Trinajstić information content (AvgIpc) is 3.40. The number of hydrogen-bond donors (Lipinski definition) is 1. The van der Waals surface area contributed by atoms with Crippen molar-refractivity contribution in [3.8, 4) is 22.5 Å². The maximum Gasteiger partial charge on any atom is 0.180 e. The molecule has 2 heterocycles. The molecule has 0 fully saturated rings. The highest BCUT2D eigenvalue weighted by atomic mass is 32.1. The summed E-state index contributed by atoms with van der Waals surface area (Å²) in [6, 6.07) is 16.6. The minimum absolute atomic E-state index is 0.616. The van der Waals surface area contributed by atoms with E-state index in [9.17, 15) is 0 Å². The molecule has 0 spiro atoms. The average molecular weight is 404 g/mol. The first-order valence-corrected chi connectivity index (χ1v) is 10.0. The van der Waals surface area contributed by atoms with E-state index in [-0.39, 0.29) is 0 Å². The van der Waals surface area contributed by atoms with Gasteiger partial charge in [0.05, 0.1) is 0 Å². The monoisotopic (exact) mass is 403 g/mol. The van der Waals surface area contributed by atoms with E-state index in [1.165, 1.54) is 5.56 Å². The van der Waals surface area contributed by atoms with Crippen LogP contribution in [0.1, 0.15) is 30.6 Å². The number of nitrogens with zero attached hydrogens (tertiary/aromatic N) is 6. The molecule has 0 bridgehead atoms. The third-order valence-corrected chi connectivity index (χ3v) is 4.81. The third-order valence-electron chi connectivity index (χ3n) is 4.65. The molecule has 0 aliphatic carbocycles. The lowest BCUT2D eigenvalue weighted by Gasteiger charge is -2.09. The molecular formula is C21H21N7S. The molecule has 2 aromatic heterocycles. The molecule has 0 atom stereocenters. The summed E-state index contributed by atoms with van der Waals surface area (Å²) in [5.74, 6) is 2.41. The molecule has 1 N–H and O–H groups in total. The van der Waals surface area contributed by atoms with Gasteiger partial charge in [0.1, 0.15) is 5.82 Å². The van der Waals surface area contributed by atoms with Gasteiger partial charge >= 0.3 is 0 Å². The van der Waals surface area contributed by atoms with E-state index in [1.54, 1.807) is 5.37 Å². The van der Waals surface area contributed by atoms with Gasteiger partial charge in [-0.15, -0.1) is 5.10 Å². The number of H-pyrrole nitrogens is 1. The number of benzene rings is 2. The summed E-state index contributed by atoms with van der Waals surface area (Å²) in [7, 11) is 0. The van der Waals surface area contributed by atoms with Crippen molar-refractivity contribution in [1.29, 1.82) is 0 Å². The fourth-order valence-electron chi connectivity index (χ4n) is 3.31. The predicted octanol–water partition coefficient (Wildman–Crippen LogP) is 3.67. The second kappa shape index (κ2) is 8.83. The molecule has 4 rings (SSSR count). The Kier molecular flexibility index (Phi) is 5.81. The fraction of sp³-hybridized carbons (Fsp3) is 0.238. The van der Waals surface area contributed by atoms with Crippen molar-refractivity contribution in [2.24, 2.45) is 0 Å². The van der Waals surface area contributed by atoms with Gasteiger partial charge in [-0.1, -0.05) is 67.7 Å². The van der Waals surface area contributed by atoms with Crippen LogP contribution < -0.4 is 0 Å². The summed E-state index contributed by atoms with van der Waals surface area (Å²) in [6.07, 6.45) is 2.36. The maximum atomic E-state index is 4.95. The Balaban J connectivity index is 1.59. The van der Waals surface area contributed by atoms with Crippen LogP contribution in [-0.4, -0.2) is 40.8 Å². The second-order valence-electron chi connectivity index (χ2n) is 6.71. The SMILES string of the molecule is CCCn1nc(CC=S)nc1Cc1ccc(-c2ccccc2-c2nnn[nH]2)cc1. The van der Waals surface area contributed by atoms with Gasteiger partial charge in [0.25, 0.3) is 0 Å². The van der Waals surface area contributed by atoms with Crippen LogP contribution in [-0.2, 0) is 19.4 Å². The third kappa shape index (κ3) is 4.27. The van der Waals surface area contributed by atoms with E-state index in [1.807, 2.05) is 22.9 Å². The summed E-state index contributed by atoms with van der Waals surface area (Å²) in [4.78, 5) is 4.67.